The number of furan rings is 1. The zero-order chi connectivity index (χ0) is 18.7. The SMILES string of the molecule is Cc1ccccc1CCNC(=O)CN1C(=O)NC(C)(c2ccco2)C1=O. The molecule has 26 heavy (non-hydrogen) atoms. The average Bonchev–Trinajstić information content (AvgIpc) is 3.21. The van der Waals surface area contributed by atoms with Crippen molar-refractivity contribution >= 4 is 17.8 Å². The number of hydrogen-bond donors (Lipinski definition) is 2. The number of carbonyl (C=O) groups excluding carboxylic acids is 3. The number of nitrogens with zero attached hydrogens (tertiary/aromatic N) is 1. The summed E-state index contributed by atoms with van der Waals surface area (Å²) < 4.78 is 5.25. The fourth-order valence-corrected chi connectivity index (χ4v) is 3.00. The van der Waals surface area contributed by atoms with Gasteiger partial charge in [0.2, 0.25) is 5.91 Å². The molecule has 1 aromatic carbocycles. The van der Waals surface area contributed by atoms with E-state index in [2.05, 4.69) is 10.6 Å². The maximum Gasteiger partial charge on any atom is 0.325 e. The van der Waals surface area contributed by atoms with Crippen molar-refractivity contribution in [1.29, 1.82) is 0 Å². The molecule has 2 aromatic rings. The lowest BCUT2D eigenvalue weighted by atomic mass is 9.99. The zero-order valence-electron chi connectivity index (χ0n) is 14.7. The smallest absolute Gasteiger partial charge is 0.325 e. The van der Waals surface area contributed by atoms with Crippen LogP contribution in [0.4, 0.5) is 4.79 Å². The lowest BCUT2D eigenvalue weighted by Gasteiger charge is -2.18. The molecule has 136 valence electrons. The van der Waals surface area contributed by atoms with Gasteiger partial charge in [0.25, 0.3) is 5.91 Å². The number of urea groups is 1. The Labute approximate surface area is 151 Å². The topological polar surface area (TPSA) is 91.7 Å². The molecule has 0 aliphatic carbocycles. The van der Waals surface area contributed by atoms with Crippen LogP contribution < -0.4 is 10.6 Å². The van der Waals surface area contributed by atoms with Gasteiger partial charge in [-0.05, 0) is 43.5 Å². The van der Waals surface area contributed by atoms with Gasteiger partial charge in [-0.2, -0.15) is 0 Å². The number of carbonyl (C=O) groups is 3. The van der Waals surface area contributed by atoms with Gasteiger partial charge in [-0.3, -0.25) is 14.5 Å². The number of benzene rings is 1. The van der Waals surface area contributed by atoms with Gasteiger partial charge >= 0.3 is 6.03 Å². The first-order valence-electron chi connectivity index (χ1n) is 8.41. The van der Waals surface area contributed by atoms with E-state index in [-0.39, 0.29) is 12.5 Å². The van der Waals surface area contributed by atoms with Crippen molar-refractivity contribution in [2.75, 3.05) is 13.1 Å². The van der Waals surface area contributed by atoms with Crippen molar-refractivity contribution in [3.05, 3.63) is 59.5 Å². The van der Waals surface area contributed by atoms with E-state index in [1.165, 1.54) is 6.26 Å². The van der Waals surface area contributed by atoms with E-state index in [0.717, 1.165) is 16.0 Å². The van der Waals surface area contributed by atoms with Crippen LogP contribution in [0.2, 0.25) is 0 Å². The van der Waals surface area contributed by atoms with Gasteiger partial charge < -0.3 is 15.1 Å². The summed E-state index contributed by atoms with van der Waals surface area (Å²) in [5.74, 6) is -0.560. The second-order valence-corrected chi connectivity index (χ2v) is 6.45. The summed E-state index contributed by atoms with van der Waals surface area (Å²) in [5.41, 5.74) is 1.01. The fraction of sp³-hybridized carbons (Fsp3) is 0.316. The van der Waals surface area contributed by atoms with Crippen LogP contribution in [-0.4, -0.2) is 35.8 Å². The summed E-state index contributed by atoms with van der Waals surface area (Å²) in [4.78, 5) is 37.8. The van der Waals surface area contributed by atoms with E-state index in [0.29, 0.717) is 18.7 Å². The molecule has 4 amide bonds. The first-order chi connectivity index (χ1) is 12.4. The number of amides is 4. The van der Waals surface area contributed by atoms with E-state index >= 15 is 0 Å². The van der Waals surface area contributed by atoms with Crippen molar-refractivity contribution in [2.45, 2.75) is 25.8 Å². The van der Waals surface area contributed by atoms with Crippen LogP contribution in [0.15, 0.2) is 47.1 Å². The molecule has 0 radical (unpaired) electrons. The predicted octanol–water partition coefficient (Wildman–Crippen LogP) is 1.71. The minimum Gasteiger partial charge on any atom is -0.466 e. The number of nitrogens with one attached hydrogen (secondary N) is 2. The van der Waals surface area contributed by atoms with E-state index in [4.69, 9.17) is 4.42 Å². The Morgan fingerprint density at radius 1 is 1.23 bits per heavy atom. The Balaban J connectivity index is 1.57. The van der Waals surface area contributed by atoms with Crippen LogP contribution in [0, 0.1) is 6.92 Å². The van der Waals surface area contributed by atoms with Gasteiger partial charge in [0, 0.05) is 6.54 Å². The second kappa shape index (κ2) is 7.03. The molecule has 1 aliphatic heterocycles. The predicted molar refractivity (Wildman–Crippen MR) is 94.2 cm³/mol. The van der Waals surface area contributed by atoms with Crippen LogP contribution in [0.25, 0.3) is 0 Å². The maximum absolute atomic E-state index is 12.6. The van der Waals surface area contributed by atoms with Crippen LogP contribution in [-0.2, 0) is 21.5 Å². The van der Waals surface area contributed by atoms with E-state index in [9.17, 15) is 14.4 Å². The third kappa shape index (κ3) is 3.33. The van der Waals surface area contributed by atoms with Crippen molar-refractivity contribution in [3.8, 4) is 0 Å². The summed E-state index contributed by atoms with van der Waals surface area (Å²) in [5, 5.41) is 5.34. The summed E-state index contributed by atoms with van der Waals surface area (Å²) in [6.07, 6.45) is 2.11. The van der Waals surface area contributed by atoms with Crippen molar-refractivity contribution in [3.63, 3.8) is 0 Å². The third-order valence-corrected chi connectivity index (χ3v) is 4.57. The van der Waals surface area contributed by atoms with Gasteiger partial charge in [0.05, 0.1) is 6.26 Å². The molecule has 0 saturated carbocycles. The quantitative estimate of drug-likeness (QED) is 0.772. The van der Waals surface area contributed by atoms with Crippen molar-refractivity contribution < 1.29 is 18.8 Å². The molecule has 0 bridgehead atoms. The van der Waals surface area contributed by atoms with Gasteiger partial charge in [-0.1, -0.05) is 24.3 Å². The lowest BCUT2D eigenvalue weighted by molar-refractivity contribution is -0.135. The van der Waals surface area contributed by atoms with E-state index < -0.39 is 17.5 Å². The minimum absolute atomic E-state index is 0.325. The first kappa shape index (κ1) is 17.7. The number of rotatable bonds is 6. The van der Waals surface area contributed by atoms with Crippen LogP contribution in [0.5, 0.6) is 0 Å². The van der Waals surface area contributed by atoms with E-state index in [1.54, 1.807) is 19.1 Å². The molecule has 1 saturated heterocycles. The summed E-state index contributed by atoms with van der Waals surface area (Å²) in [6, 6.07) is 10.6. The standard InChI is InChI=1S/C19H21N3O4/c1-13-6-3-4-7-14(13)9-10-20-16(23)12-22-17(24)19(2,21-18(22)25)15-8-5-11-26-15/h3-8,11H,9-10,12H2,1-2H3,(H,20,23)(H,21,25). The molecule has 1 aliphatic rings. The lowest BCUT2D eigenvalue weighted by Crippen LogP contribution is -2.43. The van der Waals surface area contributed by atoms with Crippen LogP contribution in [0.1, 0.15) is 23.8 Å². The minimum atomic E-state index is -1.29. The first-order valence-corrected chi connectivity index (χ1v) is 8.41. The summed E-state index contributed by atoms with van der Waals surface area (Å²) in [6.45, 7) is 3.68. The van der Waals surface area contributed by atoms with Gasteiger partial charge in [0.1, 0.15) is 12.3 Å². The third-order valence-electron chi connectivity index (χ3n) is 4.57. The van der Waals surface area contributed by atoms with Crippen LogP contribution >= 0.6 is 0 Å². The molecule has 3 rings (SSSR count). The number of imide groups is 1. The molecule has 1 unspecified atom stereocenters. The normalized spacial score (nSPS) is 19.5. The molecular weight excluding hydrogens is 334 g/mol. The van der Waals surface area contributed by atoms with Gasteiger partial charge in [-0.15, -0.1) is 0 Å². The highest BCUT2D eigenvalue weighted by molar-refractivity contribution is 6.08. The molecule has 7 heteroatoms. The van der Waals surface area contributed by atoms with Crippen molar-refractivity contribution in [2.24, 2.45) is 0 Å². The summed E-state index contributed by atoms with van der Waals surface area (Å²) in [7, 11) is 0. The molecule has 1 atom stereocenters. The van der Waals surface area contributed by atoms with Gasteiger partial charge in [0.15, 0.2) is 5.54 Å². The van der Waals surface area contributed by atoms with Crippen molar-refractivity contribution in [1.82, 2.24) is 15.5 Å². The zero-order valence-corrected chi connectivity index (χ0v) is 14.7. The maximum atomic E-state index is 12.6. The molecular formula is C19H21N3O4. The van der Waals surface area contributed by atoms with Gasteiger partial charge in [-0.25, -0.2) is 4.79 Å². The molecule has 2 N–H and O–H groups in total. The average molecular weight is 355 g/mol. The fourth-order valence-electron chi connectivity index (χ4n) is 3.00. The Bertz CT molecular complexity index is 831. The van der Waals surface area contributed by atoms with Crippen LogP contribution in [0.3, 0.4) is 0 Å². The molecule has 2 heterocycles. The Hall–Kier alpha value is -3.09. The second-order valence-electron chi connectivity index (χ2n) is 6.45. The molecule has 7 nitrogen and oxygen atoms in total. The highest BCUT2D eigenvalue weighted by Crippen LogP contribution is 2.28. The molecule has 1 aromatic heterocycles. The molecule has 1 fully saturated rings. The number of hydrogen-bond acceptors (Lipinski definition) is 4. The highest BCUT2D eigenvalue weighted by Gasteiger charge is 2.51. The Morgan fingerprint density at radius 3 is 2.69 bits per heavy atom. The Morgan fingerprint density at radius 2 is 2.00 bits per heavy atom. The monoisotopic (exact) mass is 355 g/mol. The van der Waals surface area contributed by atoms with E-state index in [1.807, 2.05) is 31.2 Å². The Kier molecular flexibility index (Phi) is 4.79. The number of aryl methyl sites for hydroxylation is 1. The largest absolute Gasteiger partial charge is 0.466 e. The highest BCUT2D eigenvalue weighted by atomic mass is 16.3. The summed E-state index contributed by atoms with van der Waals surface area (Å²) >= 11 is 0. The molecule has 0 spiro atoms.